The summed E-state index contributed by atoms with van der Waals surface area (Å²) in [5.41, 5.74) is -1.14. The molecule has 0 saturated carbocycles. The van der Waals surface area contributed by atoms with Gasteiger partial charge in [-0.2, -0.15) is 0 Å². The summed E-state index contributed by atoms with van der Waals surface area (Å²) in [6.07, 6.45) is 1.27. The van der Waals surface area contributed by atoms with E-state index in [9.17, 15) is 0 Å². The molecule has 1 fully saturated rings. The minimum absolute atomic E-state index is 0.361. The summed E-state index contributed by atoms with van der Waals surface area (Å²) in [7, 11) is -0.802. The lowest BCUT2D eigenvalue weighted by Crippen LogP contribution is -2.41. The summed E-state index contributed by atoms with van der Waals surface area (Å²) >= 11 is 0. The SMILES string of the molecule is [2H]C([2H])([2H])C([2H])(c1cc(B2OC(C)(C)C(C)(C)O2)ccn1)C([2H])([2H])[2H]. The lowest BCUT2D eigenvalue weighted by atomic mass is 9.79. The van der Waals surface area contributed by atoms with E-state index >= 15 is 0 Å². The predicted octanol–water partition coefficient (Wildman–Crippen LogP) is 2.50. The van der Waals surface area contributed by atoms with Gasteiger partial charge in [-0.3, -0.25) is 4.98 Å². The van der Waals surface area contributed by atoms with Crippen LogP contribution in [0.5, 0.6) is 0 Å². The van der Waals surface area contributed by atoms with Crippen molar-refractivity contribution >= 4 is 12.6 Å². The Kier molecular flexibility index (Phi) is 1.71. The Morgan fingerprint density at radius 2 is 1.89 bits per heavy atom. The molecule has 1 aromatic rings. The minimum atomic E-state index is -3.08. The molecule has 0 atom stereocenters. The molecule has 0 spiro atoms. The van der Waals surface area contributed by atoms with Crippen LogP contribution in [0.3, 0.4) is 0 Å². The van der Waals surface area contributed by atoms with Crippen LogP contribution in [0.25, 0.3) is 0 Å². The molecule has 1 aliphatic heterocycles. The third-order valence-corrected chi connectivity index (χ3v) is 3.57. The summed E-state index contributed by atoms with van der Waals surface area (Å²) in [4.78, 5) is 3.87. The van der Waals surface area contributed by atoms with Gasteiger partial charge < -0.3 is 9.31 Å². The first-order chi connectivity index (χ1) is 11.0. The van der Waals surface area contributed by atoms with Crippen molar-refractivity contribution < 1.29 is 18.9 Å². The normalized spacial score (nSPS) is 29.3. The second kappa shape index (κ2) is 4.35. The average Bonchev–Trinajstić information content (AvgIpc) is 2.64. The van der Waals surface area contributed by atoms with Gasteiger partial charge in [0.15, 0.2) is 0 Å². The lowest BCUT2D eigenvalue weighted by Gasteiger charge is -2.32. The van der Waals surface area contributed by atoms with Gasteiger partial charge in [-0.1, -0.05) is 13.7 Å². The number of hydrogen-bond acceptors (Lipinski definition) is 3. The fourth-order valence-corrected chi connectivity index (χ4v) is 1.71. The molecule has 0 aliphatic carbocycles. The quantitative estimate of drug-likeness (QED) is 0.760. The van der Waals surface area contributed by atoms with Crippen LogP contribution in [0, 0.1) is 0 Å². The van der Waals surface area contributed by atoms with Crippen LogP contribution < -0.4 is 5.46 Å². The van der Waals surface area contributed by atoms with Gasteiger partial charge in [0.05, 0.1) is 11.2 Å². The second-order valence-electron chi connectivity index (χ2n) is 5.44. The Balaban J connectivity index is 2.49. The van der Waals surface area contributed by atoms with Crippen LogP contribution in [-0.2, 0) is 9.31 Å². The average molecular weight is 254 g/mol. The highest BCUT2D eigenvalue weighted by Gasteiger charge is 2.51. The van der Waals surface area contributed by atoms with Crippen molar-refractivity contribution in [3.05, 3.63) is 24.0 Å². The fraction of sp³-hybridized carbons (Fsp3) is 0.643. The second-order valence-corrected chi connectivity index (χ2v) is 5.44. The van der Waals surface area contributed by atoms with E-state index in [1.165, 1.54) is 12.3 Å². The van der Waals surface area contributed by atoms with Crippen LogP contribution in [0.2, 0.25) is 0 Å². The molecular formula is C14H22BNO2. The van der Waals surface area contributed by atoms with Crippen LogP contribution in [0.1, 0.15) is 62.6 Å². The summed E-state index contributed by atoms with van der Waals surface area (Å²) < 4.78 is 65.4. The van der Waals surface area contributed by atoms with Crippen molar-refractivity contribution in [2.24, 2.45) is 0 Å². The smallest absolute Gasteiger partial charge is 0.399 e. The van der Waals surface area contributed by atoms with E-state index in [1.807, 2.05) is 27.7 Å². The van der Waals surface area contributed by atoms with Crippen molar-refractivity contribution in [2.75, 3.05) is 0 Å². The summed E-state index contributed by atoms with van der Waals surface area (Å²) in [5, 5.41) is 0. The van der Waals surface area contributed by atoms with Crippen LogP contribution >= 0.6 is 0 Å². The molecule has 0 bridgehead atoms. The molecule has 1 saturated heterocycles. The zero-order valence-electron chi connectivity index (χ0n) is 18.1. The van der Waals surface area contributed by atoms with Crippen molar-refractivity contribution in [1.82, 2.24) is 4.98 Å². The van der Waals surface area contributed by atoms with Crippen molar-refractivity contribution in [3.8, 4) is 0 Å². The summed E-state index contributed by atoms with van der Waals surface area (Å²) in [6, 6.07) is 2.83. The van der Waals surface area contributed by atoms with Gasteiger partial charge in [0, 0.05) is 21.5 Å². The summed E-state index contributed by atoms with van der Waals surface area (Å²) in [5.74, 6) is -2.85. The number of nitrogens with zero attached hydrogens (tertiary/aromatic N) is 1. The molecule has 98 valence electrons. The van der Waals surface area contributed by atoms with Crippen LogP contribution in [0.4, 0.5) is 0 Å². The van der Waals surface area contributed by atoms with Gasteiger partial charge in [0.25, 0.3) is 0 Å². The lowest BCUT2D eigenvalue weighted by molar-refractivity contribution is 0.00578. The van der Waals surface area contributed by atoms with E-state index in [1.54, 1.807) is 6.07 Å². The van der Waals surface area contributed by atoms with E-state index < -0.39 is 37.9 Å². The van der Waals surface area contributed by atoms with E-state index in [0.717, 1.165) is 0 Å². The standard InChI is InChI=1S/C14H22BNO2/c1-10(2)12-9-11(7-8-16-12)15-17-13(3,4)14(5,6)18-15/h7-10H,1-6H3/i1D3,2D3,10D. The van der Waals surface area contributed by atoms with E-state index in [4.69, 9.17) is 18.9 Å². The highest BCUT2D eigenvalue weighted by Crippen LogP contribution is 2.36. The maximum Gasteiger partial charge on any atom is 0.494 e. The fourth-order valence-electron chi connectivity index (χ4n) is 1.71. The molecule has 0 radical (unpaired) electrons. The monoisotopic (exact) mass is 254 g/mol. The van der Waals surface area contributed by atoms with Crippen LogP contribution in [-0.4, -0.2) is 23.3 Å². The summed E-state index contributed by atoms with van der Waals surface area (Å²) in [6.45, 7) is 1.31. The minimum Gasteiger partial charge on any atom is -0.399 e. The zero-order chi connectivity index (χ0) is 19.5. The topological polar surface area (TPSA) is 31.4 Å². The van der Waals surface area contributed by atoms with Crippen LogP contribution in [0.15, 0.2) is 18.3 Å². The zero-order valence-corrected chi connectivity index (χ0v) is 11.1. The molecule has 2 rings (SSSR count). The van der Waals surface area contributed by atoms with Crippen molar-refractivity contribution in [1.29, 1.82) is 0 Å². The number of aromatic nitrogens is 1. The molecule has 1 aliphatic rings. The largest absolute Gasteiger partial charge is 0.494 e. The van der Waals surface area contributed by atoms with Gasteiger partial charge in [-0.25, -0.2) is 0 Å². The van der Waals surface area contributed by atoms with Gasteiger partial charge in [0.1, 0.15) is 0 Å². The maximum atomic E-state index is 8.22. The molecule has 18 heavy (non-hydrogen) atoms. The Bertz CT molecular complexity index is 627. The molecule has 1 aromatic heterocycles. The highest BCUT2D eigenvalue weighted by molar-refractivity contribution is 6.62. The first kappa shape index (κ1) is 7.06. The van der Waals surface area contributed by atoms with Gasteiger partial charge in [-0.05, 0) is 51.2 Å². The van der Waals surface area contributed by atoms with E-state index in [2.05, 4.69) is 4.98 Å². The molecule has 0 unspecified atom stereocenters. The Morgan fingerprint density at radius 3 is 2.44 bits per heavy atom. The van der Waals surface area contributed by atoms with Gasteiger partial charge in [0.2, 0.25) is 0 Å². The first-order valence-corrected chi connectivity index (χ1v) is 5.85. The maximum absolute atomic E-state index is 8.22. The highest BCUT2D eigenvalue weighted by atomic mass is 16.7. The third kappa shape index (κ3) is 2.32. The molecule has 4 heteroatoms. The van der Waals surface area contributed by atoms with Crippen molar-refractivity contribution in [2.45, 2.75) is 58.5 Å². The molecule has 3 nitrogen and oxygen atoms in total. The third-order valence-electron chi connectivity index (χ3n) is 3.57. The molecule has 2 heterocycles. The van der Waals surface area contributed by atoms with E-state index in [-0.39, 0.29) is 5.69 Å². The van der Waals surface area contributed by atoms with Gasteiger partial charge in [-0.15, -0.1) is 0 Å². The predicted molar refractivity (Wildman–Crippen MR) is 74.0 cm³/mol. The number of pyridine rings is 1. The number of hydrogen-bond donors (Lipinski definition) is 0. The van der Waals surface area contributed by atoms with E-state index in [0.29, 0.717) is 5.46 Å². The number of rotatable bonds is 2. The first-order valence-electron chi connectivity index (χ1n) is 9.35. The molecule has 0 amide bonds. The molecular weight excluding hydrogens is 225 g/mol. The molecule has 0 N–H and O–H groups in total. The molecule has 0 aromatic carbocycles. The Labute approximate surface area is 120 Å². The Hall–Kier alpha value is -0.865. The Morgan fingerprint density at radius 1 is 1.28 bits per heavy atom. The van der Waals surface area contributed by atoms with Gasteiger partial charge >= 0.3 is 7.12 Å². The van der Waals surface area contributed by atoms with Crippen molar-refractivity contribution in [3.63, 3.8) is 0 Å².